The molecule has 2 nitrogen and oxygen atoms in total. The molecule has 1 N–H and O–H groups in total. The minimum atomic E-state index is -0.847. The van der Waals surface area contributed by atoms with Crippen LogP contribution in [0.4, 0.5) is 0 Å². The van der Waals surface area contributed by atoms with Crippen LogP contribution in [0.2, 0.25) is 0 Å². The van der Waals surface area contributed by atoms with Crippen molar-refractivity contribution in [3.63, 3.8) is 0 Å². The van der Waals surface area contributed by atoms with Crippen molar-refractivity contribution in [3.05, 3.63) is 29.3 Å². The average Bonchev–Trinajstić information content (AvgIpc) is 3.10. The Labute approximate surface area is 131 Å². The normalized spacial score (nSPS) is 29.5. The molecule has 0 bridgehead atoms. The smallest absolute Gasteiger partial charge is 0.0564 e. The number of aryl methyl sites for hydroxylation is 2. The molecule has 4 atom stereocenters. The van der Waals surface area contributed by atoms with Gasteiger partial charge in [0.05, 0.1) is 10.8 Å². The SMILES string of the molecule is CCCNC1CCC(S(=O)c2ccc3c(c2)CCC3)C1C. The quantitative estimate of drug-likeness (QED) is 0.903. The zero-order valence-corrected chi connectivity index (χ0v) is 14.0. The molecule has 3 rings (SSSR count). The third kappa shape index (κ3) is 3.09. The van der Waals surface area contributed by atoms with Crippen molar-refractivity contribution in [2.75, 3.05) is 6.54 Å². The highest BCUT2D eigenvalue weighted by atomic mass is 32.2. The minimum Gasteiger partial charge on any atom is -0.314 e. The molecule has 0 aromatic heterocycles. The van der Waals surface area contributed by atoms with Crippen molar-refractivity contribution in [1.82, 2.24) is 5.32 Å². The van der Waals surface area contributed by atoms with Crippen molar-refractivity contribution in [1.29, 1.82) is 0 Å². The first-order valence-corrected chi connectivity index (χ1v) is 9.67. The molecular formula is C18H27NOS. The molecule has 0 radical (unpaired) electrons. The first-order valence-electron chi connectivity index (χ1n) is 8.46. The van der Waals surface area contributed by atoms with Crippen molar-refractivity contribution < 1.29 is 4.21 Å². The standard InChI is InChI=1S/C18H27NOS/c1-3-11-19-17-9-10-18(13(17)2)21(20)16-8-7-14-5-4-6-15(14)12-16/h7-8,12-13,17-19H,3-6,9-11H2,1-2H3. The van der Waals surface area contributed by atoms with Gasteiger partial charge in [-0.25, -0.2) is 0 Å². The maximum atomic E-state index is 13.0. The largest absolute Gasteiger partial charge is 0.314 e. The highest BCUT2D eigenvalue weighted by Crippen LogP contribution is 2.34. The zero-order valence-electron chi connectivity index (χ0n) is 13.2. The van der Waals surface area contributed by atoms with Gasteiger partial charge in [0.25, 0.3) is 0 Å². The fourth-order valence-electron chi connectivity index (χ4n) is 3.90. The Kier molecular flexibility index (Phi) is 4.80. The van der Waals surface area contributed by atoms with E-state index < -0.39 is 10.8 Å². The van der Waals surface area contributed by atoms with Gasteiger partial charge in [0.15, 0.2) is 0 Å². The van der Waals surface area contributed by atoms with Gasteiger partial charge in [0.2, 0.25) is 0 Å². The Bertz CT molecular complexity index is 528. The summed E-state index contributed by atoms with van der Waals surface area (Å²) < 4.78 is 13.0. The summed E-state index contributed by atoms with van der Waals surface area (Å²) in [5, 5.41) is 3.94. The van der Waals surface area contributed by atoms with Gasteiger partial charge in [-0.1, -0.05) is 19.9 Å². The lowest BCUT2D eigenvalue weighted by Crippen LogP contribution is -2.35. The van der Waals surface area contributed by atoms with Gasteiger partial charge in [-0.05, 0) is 74.2 Å². The Morgan fingerprint density at radius 2 is 2.05 bits per heavy atom. The molecule has 116 valence electrons. The fourth-order valence-corrected chi connectivity index (χ4v) is 5.64. The van der Waals surface area contributed by atoms with Crippen LogP contribution in [0.15, 0.2) is 23.1 Å². The van der Waals surface area contributed by atoms with E-state index in [-0.39, 0.29) is 0 Å². The van der Waals surface area contributed by atoms with E-state index in [9.17, 15) is 4.21 Å². The second-order valence-corrected chi connectivity index (χ2v) is 8.29. The monoisotopic (exact) mass is 305 g/mol. The second kappa shape index (κ2) is 6.62. The molecule has 0 amide bonds. The summed E-state index contributed by atoms with van der Waals surface area (Å²) in [4.78, 5) is 1.06. The molecule has 2 aliphatic carbocycles. The van der Waals surface area contributed by atoms with Gasteiger partial charge in [-0.2, -0.15) is 0 Å². The van der Waals surface area contributed by atoms with Crippen LogP contribution >= 0.6 is 0 Å². The van der Waals surface area contributed by atoms with E-state index >= 15 is 0 Å². The molecule has 1 aromatic rings. The Hall–Kier alpha value is -0.670. The van der Waals surface area contributed by atoms with Gasteiger partial charge < -0.3 is 5.32 Å². The number of nitrogens with one attached hydrogen (secondary N) is 1. The first-order chi connectivity index (χ1) is 10.2. The van der Waals surface area contributed by atoms with Gasteiger partial charge in [-0.3, -0.25) is 4.21 Å². The molecule has 1 aromatic carbocycles. The summed E-state index contributed by atoms with van der Waals surface area (Å²) in [6.07, 6.45) is 7.05. The molecule has 0 saturated heterocycles. The lowest BCUT2D eigenvalue weighted by atomic mass is 10.1. The molecule has 2 aliphatic rings. The predicted molar refractivity (Wildman–Crippen MR) is 89.1 cm³/mol. The van der Waals surface area contributed by atoms with E-state index in [0.29, 0.717) is 17.2 Å². The van der Waals surface area contributed by atoms with Crippen LogP contribution in [0.1, 0.15) is 50.7 Å². The maximum absolute atomic E-state index is 13.0. The van der Waals surface area contributed by atoms with Gasteiger partial charge in [0.1, 0.15) is 0 Å². The third-order valence-corrected chi connectivity index (χ3v) is 7.15. The Morgan fingerprint density at radius 1 is 1.24 bits per heavy atom. The summed E-state index contributed by atoms with van der Waals surface area (Å²) >= 11 is 0. The van der Waals surface area contributed by atoms with E-state index in [1.54, 1.807) is 0 Å². The van der Waals surface area contributed by atoms with Crippen LogP contribution in [-0.2, 0) is 23.6 Å². The molecule has 0 aliphatic heterocycles. The van der Waals surface area contributed by atoms with E-state index in [4.69, 9.17) is 0 Å². The summed E-state index contributed by atoms with van der Waals surface area (Å²) in [5.41, 5.74) is 2.91. The van der Waals surface area contributed by atoms with Crippen LogP contribution in [0.5, 0.6) is 0 Å². The Balaban J connectivity index is 1.71. The zero-order chi connectivity index (χ0) is 14.8. The summed E-state index contributed by atoms with van der Waals surface area (Å²) in [6, 6.07) is 7.09. The fraction of sp³-hybridized carbons (Fsp3) is 0.667. The van der Waals surface area contributed by atoms with Crippen molar-refractivity contribution in [2.24, 2.45) is 5.92 Å². The highest BCUT2D eigenvalue weighted by Gasteiger charge is 2.36. The third-order valence-electron chi connectivity index (χ3n) is 5.22. The summed E-state index contributed by atoms with van der Waals surface area (Å²) in [6.45, 7) is 5.55. The van der Waals surface area contributed by atoms with Crippen molar-refractivity contribution in [3.8, 4) is 0 Å². The van der Waals surface area contributed by atoms with Crippen LogP contribution < -0.4 is 5.32 Å². The van der Waals surface area contributed by atoms with E-state index in [2.05, 4.69) is 37.4 Å². The molecule has 0 spiro atoms. The van der Waals surface area contributed by atoms with Gasteiger partial charge in [0, 0.05) is 16.2 Å². The number of rotatable bonds is 5. The van der Waals surface area contributed by atoms with E-state index in [0.717, 1.165) is 17.9 Å². The first kappa shape index (κ1) is 15.2. The maximum Gasteiger partial charge on any atom is 0.0564 e. The van der Waals surface area contributed by atoms with Crippen molar-refractivity contribution >= 4 is 10.8 Å². The second-order valence-electron chi connectivity index (χ2n) is 6.62. The van der Waals surface area contributed by atoms with Crippen LogP contribution in [-0.4, -0.2) is 22.0 Å². The summed E-state index contributed by atoms with van der Waals surface area (Å²) in [5.74, 6) is 0.505. The average molecular weight is 305 g/mol. The minimum absolute atomic E-state index is 0.318. The highest BCUT2D eigenvalue weighted by molar-refractivity contribution is 7.85. The molecule has 1 saturated carbocycles. The molecule has 0 heterocycles. The van der Waals surface area contributed by atoms with Crippen LogP contribution in [0.3, 0.4) is 0 Å². The van der Waals surface area contributed by atoms with Gasteiger partial charge >= 0.3 is 0 Å². The van der Waals surface area contributed by atoms with Gasteiger partial charge in [-0.15, -0.1) is 0 Å². The molecule has 1 fully saturated rings. The van der Waals surface area contributed by atoms with E-state index in [1.807, 2.05) is 0 Å². The topological polar surface area (TPSA) is 29.1 Å². The number of hydrogen-bond acceptors (Lipinski definition) is 2. The lowest BCUT2D eigenvalue weighted by Gasteiger charge is -2.21. The molecule has 21 heavy (non-hydrogen) atoms. The summed E-state index contributed by atoms with van der Waals surface area (Å²) in [7, 11) is -0.847. The number of fused-ring (bicyclic) bond motifs is 1. The number of hydrogen-bond donors (Lipinski definition) is 1. The lowest BCUT2D eigenvalue weighted by molar-refractivity contribution is 0.429. The predicted octanol–water partition coefficient (Wildman–Crippen LogP) is 3.45. The molecule has 4 unspecified atom stereocenters. The van der Waals surface area contributed by atoms with Crippen molar-refractivity contribution in [2.45, 2.75) is 68.6 Å². The Morgan fingerprint density at radius 3 is 2.86 bits per heavy atom. The molecular weight excluding hydrogens is 278 g/mol. The van der Waals surface area contributed by atoms with E-state index in [1.165, 1.54) is 43.2 Å². The van der Waals surface area contributed by atoms with Crippen LogP contribution in [0, 0.1) is 5.92 Å². The van der Waals surface area contributed by atoms with Crippen LogP contribution in [0.25, 0.3) is 0 Å². The number of benzene rings is 1. The molecule has 3 heteroatoms.